The summed E-state index contributed by atoms with van der Waals surface area (Å²) in [6.45, 7) is 7.42. The van der Waals surface area contributed by atoms with E-state index in [9.17, 15) is 4.79 Å². The fraction of sp³-hybridized carbons (Fsp3) is 0.857. The van der Waals surface area contributed by atoms with E-state index in [4.69, 9.17) is 4.74 Å². The Labute approximate surface area is 67.9 Å². The summed E-state index contributed by atoms with van der Waals surface area (Å²) in [4.78, 5) is 10.7. The van der Waals surface area contributed by atoms with Gasteiger partial charge >= 0.3 is 6.09 Å². The van der Waals surface area contributed by atoms with Crippen LogP contribution in [0.1, 0.15) is 27.7 Å². The van der Waals surface area contributed by atoms with E-state index < -0.39 is 0 Å². The summed E-state index contributed by atoms with van der Waals surface area (Å²) in [5, 5.41) is 2.61. The van der Waals surface area contributed by atoms with E-state index in [0.29, 0.717) is 0 Å². The zero-order chi connectivity index (χ0) is 8.15. The van der Waals surface area contributed by atoms with Gasteiger partial charge in [-0.05, 0) is 27.7 Å². The molecule has 11 heavy (non-hydrogen) atoms. The predicted octanol–water partition coefficient (Wildman–Crippen LogP) is 1.69. The van der Waals surface area contributed by atoms with Gasteiger partial charge in [0.2, 0.25) is 0 Å². The van der Waals surface area contributed by atoms with E-state index in [-0.39, 0.29) is 24.4 Å². The fourth-order valence-electron chi connectivity index (χ4n) is 0.484. The monoisotopic (exact) mass is 162 g/mol. The predicted molar refractivity (Wildman–Crippen MR) is 44.9 cm³/mol. The van der Waals surface area contributed by atoms with Gasteiger partial charge in [0.15, 0.2) is 0 Å². The highest BCUT2D eigenvalue weighted by molar-refractivity contribution is 5.67. The van der Waals surface area contributed by atoms with Crippen LogP contribution in [0.4, 0.5) is 4.79 Å². The maximum Gasteiger partial charge on any atom is 0.407 e. The molecule has 0 aromatic carbocycles. The molecule has 0 saturated carbocycles. The lowest BCUT2D eigenvalue weighted by Crippen LogP contribution is -2.32. The third kappa shape index (κ3) is 9.23. The fourth-order valence-corrected chi connectivity index (χ4v) is 0.484. The topological polar surface area (TPSA) is 73.3 Å². The second-order valence-corrected chi connectivity index (χ2v) is 2.75. The summed E-state index contributed by atoms with van der Waals surface area (Å²) < 4.78 is 4.81. The van der Waals surface area contributed by atoms with Crippen molar-refractivity contribution in [2.75, 3.05) is 0 Å². The molecule has 0 aromatic heterocycles. The minimum atomic E-state index is -0.343. The van der Waals surface area contributed by atoms with Crippen molar-refractivity contribution in [2.24, 2.45) is 0 Å². The molecular weight excluding hydrogens is 144 g/mol. The Morgan fingerprint density at radius 2 is 1.73 bits per heavy atom. The molecule has 68 valence electrons. The van der Waals surface area contributed by atoms with E-state index in [1.165, 1.54) is 0 Å². The Hall–Kier alpha value is -0.770. The molecule has 0 unspecified atom stereocenters. The first kappa shape index (κ1) is 12.9. The molecule has 0 atom stereocenters. The molecule has 0 aliphatic heterocycles. The van der Waals surface area contributed by atoms with Crippen LogP contribution in [0.15, 0.2) is 0 Å². The van der Waals surface area contributed by atoms with Gasteiger partial charge in [-0.25, -0.2) is 4.79 Å². The Kier molecular flexibility index (Phi) is 6.99. The van der Waals surface area contributed by atoms with E-state index in [1.54, 1.807) is 0 Å². The van der Waals surface area contributed by atoms with E-state index in [2.05, 4.69) is 5.32 Å². The number of rotatable bonds is 2. The number of carbonyl (C=O) groups excluding carboxylic acids is 1. The average Bonchev–Trinajstić information content (AvgIpc) is 1.58. The molecule has 0 rings (SSSR count). The second kappa shape index (κ2) is 5.97. The molecule has 0 aliphatic carbocycles. The van der Waals surface area contributed by atoms with Gasteiger partial charge in [-0.1, -0.05) is 0 Å². The third-order valence-corrected chi connectivity index (χ3v) is 0.749. The Morgan fingerprint density at radius 1 is 1.27 bits per heavy atom. The molecule has 0 fully saturated rings. The first-order chi connectivity index (χ1) is 4.52. The van der Waals surface area contributed by atoms with Crippen LogP contribution in [0.25, 0.3) is 0 Å². The van der Waals surface area contributed by atoms with Crippen molar-refractivity contribution in [3.05, 3.63) is 0 Å². The highest BCUT2D eigenvalue weighted by atomic mass is 16.6. The van der Waals surface area contributed by atoms with Crippen molar-refractivity contribution in [1.82, 2.24) is 11.5 Å². The molecule has 4 N–H and O–H groups in total. The lowest BCUT2D eigenvalue weighted by Gasteiger charge is -2.11. The number of alkyl carbamates (subject to hydrolysis) is 1. The summed E-state index contributed by atoms with van der Waals surface area (Å²) in [5.74, 6) is 0. The van der Waals surface area contributed by atoms with Crippen LogP contribution in [0.5, 0.6) is 0 Å². The molecule has 0 aromatic rings. The van der Waals surface area contributed by atoms with Gasteiger partial charge in [0.05, 0.1) is 6.10 Å². The van der Waals surface area contributed by atoms with E-state index in [0.717, 1.165) is 0 Å². The molecule has 0 heterocycles. The molecule has 4 heteroatoms. The molecular formula is C7H18N2O2. The standard InChI is InChI=1S/C7H15NO2.H3N/c1-5(2)8-7(9)10-6(3)4;/h5-6H,1-4H3,(H,8,9);1H3. The summed E-state index contributed by atoms with van der Waals surface area (Å²) in [7, 11) is 0. The Morgan fingerprint density at radius 3 is 2.00 bits per heavy atom. The van der Waals surface area contributed by atoms with Crippen molar-refractivity contribution < 1.29 is 9.53 Å². The SMILES string of the molecule is CC(C)NC(=O)OC(C)C.N. The molecule has 0 aliphatic rings. The van der Waals surface area contributed by atoms with Crippen LogP contribution in [-0.2, 0) is 4.74 Å². The highest BCUT2D eigenvalue weighted by Gasteiger charge is 2.04. The first-order valence-corrected chi connectivity index (χ1v) is 3.49. The molecule has 4 nitrogen and oxygen atoms in total. The summed E-state index contributed by atoms with van der Waals surface area (Å²) >= 11 is 0. The number of carbonyl (C=O) groups is 1. The van der Waals surface area contributed by atoms with Gasteiger partial charge in [-0.2, -0.15) is 0 Å². The second-order valence-electron chi connectivity index (χ2n) is 2.75. The first-order valence-electron chi connectivity index (χ1n) is 3.49. The van der Waals surface area contributed by atoms with Crippen molar-refractivity contribution in [2.45, 2.75) is 39.8 Å². The number of nitrogens with one attached hydrogen (secondary N) is 1. The minimum Gasteiger partial charge on any atom is -0.447 e. The molecule has 0 bridgehead atoms. The van der Waals surface area contributed by atoms with Crippen molar-refractivity contribution >= 4 is 6.09 Å². The van der Waals surface area contributed by atoms with Crippen LogP contribution < -0.4 is 11.5 Å². The van der Waals surface area contributed by atoms with Crippen molar-refractivity contribution in [1.29, 1.82) is 0 Å². The van der Waals surface area contributed by atoms with Crippen molar-refractivity contribution in [3.8, 4) is 0 Å². The lowest BCUT2D eigenvalue weighted by molar-refractivity contribution is 0.113. The summed E-state index contributed by atoms with van der Waals surface area (Å²) in [6, 6.07) is 0.145. The number of hydrogen-bond acceptors (Lipinski definition) is 3. The van der Waals surface area contributed by atoms with Gasteiger partial charge in [-0.15, -0.1) is 0 Å². The van der Waals surface area contributed by atoms with Gasteiger partial charge in [-0.3, -0.25) is 0 Å². The van der Waals surface area contributed by atoms with Gasteiger partial charge < -0.3 is 16.2 Å². The average molecular weight is 162 g/mol. The number of hydrogen-bond donors (Lipinski definition) is 2. The van der Waals surface area contributed by atoms with E-state index in [1.807, 2.05) is 27.7 Å². The van der Waals surface area contributed by atoms with Gasteiger partial charge in [0.25, 0.3) is 0 Å². The number of ether oxygens (including phenoxy) is 1. The summed E-state index contributed by atoms with van der Waals surface area (Å²) in [5.41, 5.74) is 0. The van der Waals surface area contributed by atoms with Gasteiger partial charge in [0.1, 0.15) is 0 Å². The minimum absolute atomic E-state index is 0. The van der Waals surface area contributed by atoms with Crippen LogP contribution in [0, 0.1) is 0 Å². The van der Waals surface area contributed by atoms with Crippen LogP contribution in [0.3, 0.4) is 0 Å². The Bertz CT molecular complexity index is 101. The maximum absolute atomic E-state index is 10.7. The van der Waals surface area contributed by atoms with Crippen LogP contribution in [-0.4, -0.2) is 18.2 Å². The number of amides is 1. The molecule has 0 saturated heterocycles. The zero-order valence-corrected chi connectivity index (χ0v) is 7.68. The zero-order valence-electron chi connectivity index (χ0n) is 7.68. The third-order valence-electron chi connectivity index (χ3n) is 0.749. The van der Waals surface area contributed by atoms with Crippen molar-refractivity contribution in [3.63, 3.8) is 0 Å². The lowest BCUT2D eigenvalue weighted by atomic mass is 10.4. The maximum atomic E-state index is 10.7. The largest absolute Gasteiger partial charge is 0.447 e. The molecule has 0 spiro atoms. The normalized spacial score (nSPS) is 9.27. The summed E-state index contributed by atoms with van der Waals surface area (Å²) in [6.07, 6.45) is -0.385. The molecule has 1 amide bonds. The van der Waals surface area contributed by atoms with Gasteiger partial charge in [0, 0.05) is 6.04 Å². The van der Waals surface area contributed by atoms with E-state index >= 15 is 0 Å². The van der Waals surface area contributed by atoms with Crippen LogP contribution >= 0.6 is 0 Å². The highest BCUT2D eigenvalue weighted by Crippen LogP contribution is 1.89. The molecule has 0 radical (unpaired) electrons. The smallest absolute Gasteiger partial charge is 0.407 e. The quantitative estimate of drug-likeness (QED) is 0.649. The Balaban J connectivity index is 0. The van der Waals surface area contributed by atoms with Crippen LogP contribution in [0.2, 0.25) is 0 Å².